The Labute approximate surface area is 125 Å². The molecular weight excluding hydrogens is 268 g/mol. The summed E-state index contributed by atoms with van der Waals surface area (Å²) in [7, 11) is 0. The molecule has 3 heterocycles. The highest BCUT2D eigenvalue weighted by Gasteiger charge is 2.15. The maximum atomic E-state index is 12.1. The average molecular weight is 292 g/mol. The highest BCUT2D eigenvalue weighted by molar-refractivity contribution is 5.43. The minimum Gasteiger partial charge on any atom is -0.381 e. The Hall–Kier alpha value is -1.40. The van der Waals surface area contributed by atoms with E-state index in [-0.39, 0.29) is 5.56 Å². The van der Waals surface area contributed by atoms with Gasteiger partial charge in [-0.15, -0.1) is 0 Å². The minimum absolute atomic E-state index is 0.00889. The molecule has 1 aromatic rings. The molecule has 0 amide bonds. The van der Waals surface area contributed by atoms with Crippen molar-refractivity contribution in [3.8, 4) is 0 Å². The molecule has 0 saturated carbocycles. The van der Waals surface area contributed by atoms with Crippen LogP contribution in [0.5, 0.6) is 0 Å². The van der Waals surface area contributed by atoms with E-state index in [1.54, 1.807) is 6.07 Å². The summed E-state index contributed by atoms with van der Waals surface area (Å²) < 4.78 is 6.88. The fourth-order valence-electron chi connectivity index (χ4n) is 2.98. The van der Waals surface area contributed by atoms with E-state index in [2.05, 4.69) is 15.3 Å². The second kappa shape index (κ2) is 7.04. The van der Waals surface area contributed by atoms with Gasteiger partial charge in [-0.05, 0) is 25.2 Å². The molecule has 0 radical (unpaired) electrons. The number of nitrogens with one attached hydrogen (secondary N) is 1. The zero-order valence-electron chi connectivity index (χ0n) is 12.5. The van der Waals surface area contributed by atoms with Gasteiger partial charge in [0, 0.05) is 38.9 Å². The van der Waals surface area contributed by atoms with Crippen LogP contribution in [0.1, 0.15) is 19.3 Å². The molecule has 1 atom stereocenters. The molecule has 0 aliphatic carbocycles. The third-order valence-corrected chi connectivity index (χ3v) is 4.28. The Bertz CT molecular complexity index is 505. The van der Waals surface area contributed by atoms with E-state index in [0.717, 1.165) is 51.5 Å². The van der Waals surface area contributed by atoms with Crippen LogP contribution in [-0.4, -0.2) is 49.2 Å². The first-order valence-corrected chi connectivity index (χ1v) is 7.93. The van der Waals surface area contributed by atoms with Gasteiger partial charge in [0.15, 0.2) is 0 Å². The highest BCUT2D eigenvalue weighted by atomic mass is 16.5. The topological polar surface area (TPSA) is 59.4 Å². The fourth-order valence-corrected chi connectivity index (χ4v) is 2.98. The van der Waals surface area contributed by atoms with Gasteiger partial charge in [0.25, 0.3) is 5.56 Å². The predicted molar refractivity (Wildman–Crippen MR) is 81.7 cm³/mol. The van der Waals surface area contributed by atoms with Gasteiger partial charge in [0.2, 0.25) is 0 Å². The lowest BCUT2D eigenvalue weighted by Crippen LogP contribution is -2.32. The molecule has 0 bridgehead atoms. The molecule has 1 N–H and O–H groups in total. The van der Waals surface area contributed by atoms with Crippen LogP contribution < -0.4 is 15.8 Å². The van der Waals surface area contributed by atoms with E-state index in [1.165, 1.54) is 17.5 Å². The van der Waals surface area contributed by atoms with Gasteiger partial charge in [-0.25, -0.2) is 4.68 Å². The maximum Gasteiger partial charge on any atom is 0.268 e. The van der Waals surface area contributed by atoms with E-state index in [1.807, 2.05) is 6.20 Å². The van der Waals surface area contributed by atoms with Crippen LogP contribution in [0.2, 0.25) is 0 Å². The van der Waals surface area contributed by atoms with Crippen LogP contribution in [0.4, 0.5) is 5.69 Å². The van der Waals surface area contributed by atoms with Crippen molar-refractivity contribution in [2.45, 2.75) is 25.8 Å². The molecule has 6 nitrogen and oxygen atoms in total. The zero-order chi connectivity index (χ0) is 14.5. The van der Waals surface area contributed by atoms with Crippen molar-refractivity contribution in [2.24, 2.45) is 5.92 Å². The smallest absolute Gasteiger partial charge is 0.268 e. The van der Waals surface area contributed by atoms with Gasteiger partial charge in [0.05, 0.1) is 25.0 Å². The van der Waals surface area contributed by atoms with E-state index >= 15 is 0 Å². The molecule has 2 saturated heterocycles. The lowest BCUT2D eigenvalue weighted by Gasteiger charge is -2.17. The number of hydrogen-bond acceptors (Lipinski definition) is 5. The van der Waals surface area contributed by atoms with E-state index in [4.69, 9.17) is 4.74 Å². The van der Waals surface area contributed by atoms with Gasteiger partial charge in [-0.3, -0.25) is 4.79 Å². The van der Waals surface area contributed by atoms with E-state index < -0.39 is 0 Å². The molecular formula is C15H24N4O2. The summed E-state index contributed by atoms with van der Waals surface area (Å²) in [5.74, 6) is 0.618. The van der Waals surface area contributed by atoms with Crippen LogP contribution in [0.25, 0.3) is 0 Å². The SMILES string of the molecule is O=c1cc(N2CCCC2)cnn1CCNCC1CCOC1. The summed E-state index contributed by atoms with van der Waals surface area (Å²) >= 11 is 0. The van der Waals surface area contributed by atoms with Crippen LogP contribution in [0.3, 0.4) is 0 Å². The summed E-state index contributed by atoms with van der Waals surface area (Å²) in [5, 5.41) is 7.67. The first kappa shape index (κ1) is 14.5. The Morgan fingerprint density at radius 2 is 2.24 bits per heavy atom. The largest absolute Gasteiger partial charge is 0.381 e. The normalized spacial score (nSPS) is 22.1. The first-order chi connectivity index (χ1) is 10.3. The lowest BCUT2D eigenvalue weighted by molar-refractivity contribution is 0.185. The number of rotatable bonds is 6. The molecule has 0 spiro atoms. The maximum absolute atomic E-state index is 12.1. The Morgan fingerprint density at radius 3 is 2.95 bits per heavy atom. The quantitative estimate of drug-likeness (QED) is 0.772. The summed E-state index contributed by atoms with van der Waals surface area (Å²) in [6, 6.07) is 1.71. The van der Waals surface area contributed by atoms with Gasteiger partial charge < -0.3 is 15.0 Å². The van der Waals surface area contributed by atoms with Gasteiger partial charge in [-0.1, -0.05) is 0 Å². The third-order valence-electron chi connectivity index (χ3n) is 4.28. The van der Waals surface area contributed by atoms with Crippen LogP contribution in [0.15, 0.2) is 17.1 Å². The molecule has 21 heavy (non-hydrogen) atoms. The first-order valence-electron chi connectivity index (χ1n) is 7.93. The predicted octanol–water partition coefficient (Wildman–Crippen LogP) is 0.470. The van der Waals surface area contributed by atoms with Crippen molar-refractivity contribution in [2.75, 3.05) is 44.3 Å². The zero-order valence-corrected chi connectivity index (χ0v) is 12.5. The number of nitrogens with zero attached hydrogens (tertiary/aromatic N) is 3. The average Bonchev–Trinajstić information content (AvgIpc) is 3.18. The monoisotopic (exact) mass is 292 g/mol. The van der Waals surface area contributed by atoms with Crippen molar-refractivity contribution >= 4 is 5.69 Å². The van der Waals surface area contributed by atoms with E-state index in [0.29, 0.717) is 12.5 Å². The highest BCUT2D eigenvalue weighted by Crippen LogP contribution is 2.16. The molecule has 2 aliphatic heterocycles. The second-order valence-electron chi connectivity index (χ2n) is 5.90. The van der Waals surface area contributed by atoms with Crippen molar-refractivity contribution in [3.63, 3.8) is 0 Å². The summed E-state index contributed by atoms with van der Waals surface area (Å²) in [5.41, 5.74) is 0.954. The number of anilines is 1. The van der Waals surface area contributed by atoms with Crippen molar-refractivity contribution in [1.29, 1.82) is 0 Å². The van der Waals surface area contributed by atoms with Crippen LogP contribution in [-0.2, 0) is 11.3 Å². The molecule has 6 heteroatoms. The van der Waals surface area contributed by atoms with Crippen molar-refractivity contribution in [3.05, 3.63) is 22.6 Å². The van der Waals surface area contributed by atoms with Gasteiger partial charge >= 0.3 is 0 Å². The molecule has 2 fully saturated rings. The molecule has 3 rings (SSSR count). The second-order valence-corrected chi connectivity index (χ2v) is 5.90. The van der Waals surface area contributed by atoms with Gasteiger partial charge in [-0.2, -0.15) is 5.10 Å². The molecule has 116 valence electrons. The van der Waals surface area contributed by atoms with Crippen LogP contribution >= 0.6 is 0 Å². The summed E-state index contributed by atoms with van der Waals surface area (Å²) in [4.78, 5) is 14.3. The number of hydrogen-bond donors (Lipinski definition) is 1. The third kappa shape index (κ3) is 3.83. The molecule has 1 aromatic heterocycles. The van der Waals surface area contributed by atoms with Crippen molar-refractivity contribution < 1.29 is 4.74 Å². The Kier molecular flexibility index (Phi) is 4.87. The summed E-state index contributed by atoms with van der Waals surface area (Å²) in [6.07, 6.45) is 5.36. The van der Waals surface area contributed by atoms with Crippen molar-refractivity contribution in [1.82, 2.24) is 15.1 Å². The fraction of sp³-hybridized carbons (Fsp3) is 0.733. The standard InChI is InChI=1S/C15H24N4O2/c20-15-9-14(18-5-1-2-6-18)11-17-19(15)7-4-16-10-13-3-8-21-12-13/h9,11,13,16H,1-8,10,12H2. The number of aromatic nitrogens is 2. The number of ether oxygens (including phenoxy) is 1. The lowest BCUT2D eigenvalue weighted by atomic mass is 10.1. The molecule has 2 aliphatic rings. The Morgan fingerprint density at radius 1 is 1.38 bits per heavy atom. The minimum atomic E-state index is -0.00889. The molecule has 1 unspecified atom stereocenters. The summed E-state index contributed by atoms with van der Waals surface area (Å²) in [6.45, 7) is 6.16. The Balaban J connectivity index is 1.47. The van der Waals surface area contributed by atoms with E-state index in [9.17, 15) is 4.79 Å². The molecule has 0 aromatic carbocycles. The van der Waals surface area contributed by atoms with Crippen LogP contribution in [0, 0.1) is 5.92 Å². The van der Waals surface area contributed by atoms with Gasteiger partial charge in [0.1, 0.15) is 0 Å².